The Bertz CT molecular complexity index is 568. The third-order valence-electron chi connectivity index (χ3n) is 2.16. The van der Waals surface area contributed by atoms with Crippen LogP contribution in [-0.4, -0.2) is 20.6 Å². The zero-order valence-electron chi connectivity index (χ0n) is 8.00. The number of aromatic amines is 2. The van der Waals surface area contributed by atoms with E-state index in [1.165, 1.54) is 0 Å². The summed E-state index contributed by atoms with van der Waals surface area (Å²) in [6.45, 7) is 1.77. The maximum atomic E-state index is 11.6. The topological polar surface area (TPSA) is 65.7 Å². The van der Waals surface area contributed by atoms with Gasteiger partial charge in [0.05, 0.1) is 15.9 Å². The van der Waals surface area contributed by atoms with Crippen LogP contribution in [-0.2, 0) is 0 Å². The number of imidazole rings is 1. The minimum absolute atomic E-state index is 0.000973. The molecule has 0 bridgehead atoms. The monoisotopic (exact) mass is 268 g/mol. The highest BCUT2D eigenvalue weighted by Crippen LogP contribution is 2.14. The molecule has 0 aliphatic rings. The van der Waals surface area contributed by atoms with E-state index < -0.39 is 0 Å². The largest absolute Gasteiger partial charge is 0.323 e. The van der Waals surface area contributed by atoms with Gasteiger partial charge in [0.1, 0.15) is 0 Å². The Hall–Kier alpha value is -1.36. The minimum Gasteiger partial charge on any atom is -0.306 e. The number of nitrogens with one attached hydrogen (secondary N) is 2. The SMILES string of the molecule is CC(Br)C(=O)c1ccc2[nH]c(=O)[nH]c2c1. The van der Waals surface area contributed by atoms with Crippen LogP contribution in [0.3, 0.4) is 0 Å². The van der Waals surface area contributed by atoms with Gasteiger partial charge in [0.25, 0.3) is 0 Å². The van der Waals surface area contributed by atoms with Gasteiger partial charge in [0.15, 0.2) is 5.78 Å². The number of carbonyl (C=O) groups excluding carboxylic acids is 1. The second-order valence-electron chi connectivity index (χ2n) is 3.32. The molecular formula is C10H9BrN2O2. The van der Waals surface area contributed by atoms with Crippen molar-refractivity contribution in [3.63, 3.8) is 0 Å². The number of benzene rings is 1. The van der Waals surface area contributed by atoms with Crippen LogP contribution in [0.5, 0.6) is 0 Å². The predicted octanol–water partition coefficient (Wildman–Crippen LogP) is 1.82. The molecule has 2 rings (SSSR count). The molecule has 1 unspecified atom stereocenters. The molecule has 1 atom stereocenters. The normalized spacial score (nSPS) is 12.9. The summed E-state index contributed by atoms with van der Waals surface area (Å²) in [5.41, 5.74) is 1.68. The van der Waals surface area contributed by atoms with Crippen molar-refractivity contribution in [2.75, 3.05) is 0 Å². The average molecular weight is 269 g/mol. The lowest BCUT2D eigenvalue weighted by atomic mass is 10.1. The molecule has 0 amide bonds. The van der Waals surface area contributed by atoms with Crippen molar-refractivity contribution in [2.24, 2.45) is 0 Å². The number of aromatic nitrogens is 2. The zero-order chi connectivity index (χ0) is 11.0. The minimum atomic E-state index is -0.263. The maximum absolute atomic E-state index is 11.6. The van der Waals surface area contributed by atoms with Gasteiger partial charge in [0.2, 0.25) is 0 Å². The molecule has 1 aromatic carbocycles. The van der Waals surface area contributed by atoms with Crippen LogP contribution in [0, 0.1) is 0 Å². The first-order valence-corrected chi connectivity index (χ1v) is 5.40. The molecule has 1 aromatic heterocycles. The zero-order valence-corrected chi connectivity index (χ0v) is 9.59. The number of alkyl halides is 1. The van der Waals surface area contributed by atoms with E-state index in [4.69, 9.17) is 0 Å². The van der Waals surface area contributed by atoms with Gasteiger partial charge < -0.3 is 9.97 Å². The second-order valence-corrected chi connectivity index (χ2v) is 4.69. The van der Waals surface area contributed by atoms with Crippen molar-refractivity contribution < 1.29 is 4.79 Å². The maximum Gasteiger partial charge on any atom is 0.323 e. The highest BCUT2D eigenvalue weighted by molar-refractivity contribution is 9.10. The number of H-pyrrole nitrogens is 2. The van der Waals surface area contributed by atoms with E-state index in [1.807, 2.05) is 0 Å². The van der Waals surface area contributed by atoms with Crippen molar-refractivity contribution in [1.29, 1.82) is 0 Å². The number of carbonyl (C=O) groups is 1. The fourth-order valence-electron chi connectivity index (χ4n) is 1.42. The van der Waals surface area contributed by atoms with Crippen LogP contribution in [0.2, 0.25) is 0 Å². The lowest BCUT2D eigenvalue weighted by Crippen LogP contribution is -2.09. The molecule has 1 heterocycles. The molecule has 2 N–H and O–H groups in total. The molecule has 0 fully saturated rings. The van der Waals surface area contributed by atoms with Crippen LogP contribution >= 0.6 is 15.9 Å². The van der Waals surface area contributed by atoms with Crippen molar-refractivity contribution in [3.8, 4) is 0 Å². The van der Waals surface area contributed by atoms with E-state index in [-0.39, 0.29) is 16.3 Å². The van der Waals surface area contributed by atoms with Gasteiger partial charge in [-0.15, -0.1) is 0 Å². The van der Waals surface area contributed by atoms with E-state index >= 15 is 0 Å². The van der Waals surface area contributed by atoms with Crippen molar-refractivity contribution >= 4 is 32.7 Å². The number of ketones is 1. The number of hydrogen-bond donors (Lipinski definition) is 2. The summed E-state index contributed by atoms with van der Waals surface area (Å²) in [4.78, 5) is 27.7. The predicted molar refractivity (Wildman–Crippen MR) is 61.6 cm³/mol. The molecule has 78 valence electrons. The summed E-state index contributed by atoms with van der Waals surface area (Å²) >= 11 is 3.22. The number of fused-ring (bicyclic) bond motifs is 1. The molecule has 0 spiro atoms. The molecule has 2 aromatic rings. The van der Waals surface area contributed by atoms with Gasteiger partial charge >= 0.3 is 5.69 Å². The van der Waals surface area contributed by atoms with Crippen LogP contribution in [0.15, 0.2) is 23.0 Å². The highest BCUT2D eigenvalue weighted by Gasteiger charge is 2.12. The molecule has 0 saturated carbocycles. The summed E-state index contributed by atoms with van der Waals surface area (Å²) in [6, 6.07) is 5.09. The average Bonchev–Trinajstić information content (AvgIpc) is 2.55. The summed E-state index contributed by atoms with van der Waals surface area (Å²) in [6.07, 6.45) is 0. The summed E-state index contributed by atoms with van der Waals surface area (Å²) in [7, 11) is 0. The number of hydrogen-bond acceptors (Lipinski definition) is 2. The first kappa shape index (κ1) is 10.2. The van der Waals surface area contributed by atoms with Crippen LogP contribution in [0.25, 0.3) is 11.0 Å². The number of halogens is 1. The van der Waals surface area contributed by atoms with E-state index in [9.17, 15) is 9.59 Å². The van der Waals surface area contributed by atoms with Crippen molar-refractivity contribution in [1.82, 2.24) is 9.97 Å². The Labute approximate surface area is 93.8 Å². The Morgan fingerprint density at radius 3 is 2.67 bits per heavy atom. The molecule has 0 aliphatic heterocycles. The Kier molecular flexibility index (Phi) is 2.48. The molecule has 0 radical (unpaired) electrons. The van der Waals surface area contributed by atoms with Crippen LogP contribution in [0.4, 0.5) is 0 Å². The lowest BCUT2D eigenvalue weighted by molar-refractivity contribution is 0.0996. The van der Waals surface area contributed by atoms with Crippen molar-refractivity contribution in [2.45, 2.75) is 11.8 Å². The first-order chi connectivity index (χ1) is 7.08. The second kappa shape index (κ2) is 3.66. The Morgan fingerprint density at radius 1 is 1.33 bits per heavy atom. The molecule has 5 heteroatoms. The van der Waals surface area contributed by atoms with E-state index in [1.54, 1.807) is 25.1 Å². The summed E-state index contributed by atoms with van der Waals surface area (Å²) < 4.78 is 0. The van der Waals surface area contributed by atoms with Crippen LogP contribution < -0.4 is 5.69 Å². The van der Waals surface area contributed by atoms with Gasteiger partial charge in [-0.3, -0.25) is 4.79 Å². The van der Waals surface area contributed by atoms with Gasteiger partial charge in [0, 0.05) is 5.56 Å². The van der Waals surface area contributed by atoms with Gasteiger partial charge in [-0.1, -0.05) is 15.9 Å². The van der Waals surface area contributed by atoms with Gasteiger partial charge in [-0.05, 0) is 25.1 Å². The van der Waals surface area contributed by atoms with Crippen molar-refractivity contribution in [3.05, 3.63) is 34.2 Å². The van der Waals surface area contributed by atoms with E-state index in [0.717, 1.165) is 0 Å². The smallest absolute Gasteiger partial charge is 0.306 e. The Balaban J connectivity index is 2.55. The van der Waals surface area contributed by atoms with Gasteiger partial charge in [-0.25, -0.2) is 4.79 Å². The summed E-state index contributed by atoms with van der Waals surface area (Å²) in [5, 5.41) is 0. The molecular weight excluding hydrogens is 260 g/mol. The highest BCUT2D eigenvalue weighted by atomic mass is 79.9. The fraction of sp³-hybridized carbons (Fsp3) is 0.200. The molecule has 4 nitrogen and oxygen atoms in total. The lowest BCUT2D eigenvalue weighted by Gasteiger charge is -2.01. The van der Waals surface area contributed by atoms with E-state index in [2.05, 4.69) is 25.9 Å². The van der Waals surface area contributed by atoms with E-state index in [0.29, 0.717) is 16.6 Å². The third-order valence-corrected chi connectivity index (χ3v) is 2.58. The fourth-order valence-corrected chi connectivity index (χ4v) is 1.68. The summed E-state index contributed by atoms with van der Waals surface area (Å²) in [5.74, 6) is -0.000973. The Morgan fingerprint density at radius 2 is 2.00 bits per heavy atom. The molecule has 15 heavy (non-hydrogen) atoms. The molecule has 0 saturated heterocycles. The standard InChI is InChI=1S/C10H9BrN2O2/c1-5(11)9(14)6-2-3-7-8(4-6)13-10(15)12-7/h2-5H,1H3,(H2,12,13,15). The van der Waals surface area contributed by atoms with Gasteiger partial charge in [-0.2, -0.15) is 0 Å². The molecule has 0 aliphatic carbocycles. The number of Topliss-reactive ketones (excluding diaryl/α,β-unsaturated/α-hetero) is 1. The quantitative estimate of drug-likeness (QED) is 0.645. The third kappa shape index (κ3) is 1.87. The number of rotatable bonds is 2. The van der Waals surface area contributed by atoms with Crippen LogP contribution in [0.1, 0.15) is 17.3 Å². The first-order valence-electron chi connectivity index (χ1n) is 4.48.